The fourth-order valence-electron chi connectivity index (χ4n) is 2.56. The number of aryl methyl sites for hydroxylation is 1. The first-order valence-corrected chi connectivity index (χ1v) is 13.1. The summed E-state index contributed by atoms with van der Waals surface area (Å²) in [6.45, 7) is 19.5. The Hall–Kier alpha value is -1.80. The van der Waals surface area contributed by atoms with Crippen molar-refractivity contribution < 1.29 is 14.0 Å². The van der Waals surface area contributed by atoms with Crippen LogP contribution in [0.15, 0.2) is 12.7 Å². The molecule has 29 heavy (non-hydrogen) atoms. The van der Waals surface area contributed by atoms with Gasteiger partial charge in [-0.25, -0.2) is 15.0 Å². The molecule has 2 rings (SSSR count). The van der Waals surface area contributed by atoms with E-state index in [9.17, 15) is 4.79 Å². The highest BCUT2D eigenvalue weighted by Crippen LogP contribution is 2.37. The Labute approximate surface area is 175 Å². The lowest BCUT2D eigenvalue weighted by Gasteiger charge is -2.37. The molecule has 0 aromatic carbocycles. The van der Waals surface area contributed by atoms with E-state index in [-0.39, 0.29) is 17.0 Å². The molecule has 0 fully saturated rings. The molecule has 0 aliphatic carbocycles. The zero-order valence-corrected chi connectivity index (χ0v) is 20.4. The molecule has 0 aliphatic heterocycles. The van der Waals surface area contributed by atoms with Crippen LogP contribution in [0.1, 0.15) is 59.7 Å². The zero-order chi connectivity index (χ0) is 22.0. The maximum Gasteiger partial charge on any atom is 0.311 e. The normalized spacial score (nSPS) is 14.2. The smallest absolute Gasteiger partial charge is 0.311 e. The van der Waals surface area contributed by atoms with E-state index in [0.29, 0.717) is 19.6 Å². The number of ether oxygens (including phenoxy) is 1. The summed E-state index contributed by atoms with van der Waals surface area (Å²) in [5.41, 5.74) is 1.90. The fourth-order valence-corrected chi connectivity index (χ4v) is 3.61. The van der Waals surface area contributed by atoms with Crippen LogP contribution in [0.25, 0.3) is 11.2 Å². The zero-order valence-electron chi connectivity index (χ0n) is 19.4. The first-order chi connectivity index (χ1) is 13.2. The van der Waals surface area contributed by atoms with Gasteiger partial charge in [-0.3, -0.25) is 4.79 Å². The number of carbonyl (C=O) groups is 1. The van der Waals surface area contributed by atoms with Crippen molar-refractivity contribution in [1.29, 1.82) is 0 Å². The Bertz CT molecular complexity index is 850. The quantitative estimate of drug-likeness (QED) is 0.478. The van der Waals surface area contributed by atoms with Gasteiger partial charge in [0.2, 0.25) is 0 Å². The number of nitrogens with zero attached hydrogens (tertiary/aromatic N) is 4. The van der Waals surface area contributed by atoms with Crippen LogP contribution in [-0.4, -0.2) is 47.0 Å². The van der Waals surface area contributed by atoms with Crippen molar-refractivity contribution in [3.8, 4) is 0 Å². The number of carbonyl (C=O) groups excluding carboxylic acids is 1. The second kappa shape index (κ2) is 8.51. The van der Waals surface area contributed by atoms with E-state index in [1.54, 1.807) is 12.7 Å². The molecule has 1 unspecified atom stereocenters. The van der Waals surface area contributed by atoms with Crippen LogP contribution < -0.4 is 0 Å². The average molecular weight is 421 g/mol. The van der Waals surface area contributed by atoms with Crippen molar-refractivity contribution in [2.75, 3.05) is 13.2 Å². The Kier molecular flexibility index (Phi) is 6.89. The number of hydrogen-bond donors (Lipinski definition) is 0. The monoisotopic (exact) mass is 420 g/mol. The van der Waals surface area contributed by atoms with E-state index in [2.05, 4.69) is 48.8 Å². The van der Waals surface area contributed by atoms with Crippen LogP contribution in [-0.2, 0) is 14.0 Å². The molecule has 0 bridgehead atoms. The molecule has 0 saturated heterocycles. The van der Waals surface area contributed by atoms with E-state index in [0.717, 1.165) is 16.9 Å². The molecule has 2 aromatic heterocycles. The summed E-state index contributed by atoms with van der Waals surface area (Å²) in [4.78, 5) is 25.3. The Morgan fingerprint density at radius 1 is 1.14 bits per heavy atom. The first kappa shape index (κ1) is 23.5. The molecule has 7 nitrogen and oxygen atoms in total. The highest BCUT2D eigenvalue weighted by molar-refractivity contribution is 6.74. The standard InChI is InChI=1S/C21H36N4O3Si/c1-15-17-18(23-13-22-15)25(14-24-17)16(10-11-27-19(26)20(2,3)4)12-28-29(8,9)21(5,6)7/h13-14,16H,10-12H2,1-9H3. The second-order valence-corrected chi connectivity index (χ2v) is 15.0. The minimum absolute atomic E-state index is 0.0313. The Balaban J connectivity index is 2.23. The van der Waals surface area contributed by atoms with Crippen LogP contribution >= 0.6 is 0 Å². The number of hydrogen-bond acceptors (Lipinski definition) is 6. The highest BCUT2D eigenvalue weighted by atomic mass is 28.4. The molecule has 0 spiro atoms. The van der Waals surface area contributed by atoms with Gasteiger partial charge < -0.3 is 13.7 Å². The SMILES string of the molecule is Cc1ncnc2c1ncn2C(CCOC(=O)C(C)(C)C)CO[Si](C)(C)C(C)(C)C. The van der Waals surface area contributed by atoms with Crippen LogP contribution in [0.3, 0.4) is 0 Å². The van der Waals surface area contributed by atoms with Gasteiger partial charge in [0.1, 0.15) is 11.8 Å². The van der Waals surface area contributed by atoms with Gasteiger partial charge in [0.25, 0.3) is 0 Å². The van der Waals surface area contributed by atoms with Crippen molar-refractivity contribution >= 4 is 25.5 Å². The average Bonchev–Trinajstić information content (AvgIpc) is 3.01. The van der Waals surface area contributed by atoms with E-state index in [1.807, 2.05) is 32.3 Å². The van der Waals surface area contributed by atoms with Gasteiger partial charge in [-0.15, -0.1) is 0 Å². The molecule has 0 radical (unpaired) electrons. The minimum Gasteiger partial charge on any atom is -0.465 e. The summed E-state index contributed by atoms with van der Waals surface area (Å²) >= 11 is 0. The summed E-state index contributed by atoms with van der Waals surface area (Å²) < 4.78 is 14.0. The summed E-state index contributed by atoms with van der Waals surface area (Å²) in [5.74, 6) is -0.199. The van der Waals surface area contributed by atoms with E-state index >= 15 is 0 Å². The third-order valence-electron chi connectivity index (χ3n) is 5.67. The minimum atomic E-state index is -1.92. The molecule has 0 aliphatic rings. The van der Waals surface area contributed by atoms with Gasteiger partial charge in [0, 0.05) is 6.42 Å². The number of rotatable bonds is 7. The predicted molar refractivity (Wildman–Crippen MR) is 117 cm³/mol. The molecule has 0 N–H and O–H groups in total. The van der Waals surface area contributed by atoms with E-state index in [4.69, 9.17) is 9.16 Å². The molecule has 8 heteroatoms. The van der Waals surface area contributed by atoms with Crippen molar-refractivity contribution in [2.24, 2.45) is 5.41 Å². The van der Waals surface area contributed by atoms with Crippen LogP contribution in [0.2, 0.25) is 18.1 Å². The number of aromatic nitrogens is 4. The maximum atomic E-state index is 12.2. The van der Waals surface area contributed by atoms with Gasteiger partial charge in [0.15, 0.2) is 14.0 Å². The maximum absolute atomic E-state index is 12.2. The molecule has 2 heterocycles. The van der Waals surface area contributed by atoms with Gasteiger partial charge >= 0.3 is 5.97 Å². The van der Waals surface area contributed by atoms with Crippen molar-refractivity contribution in [3.05, 3.63) is 18.3 Å². The van der Waals surface area contributed by atoms with Crippen molar-refractivity contribution in [3.63, 3.8) is 0 Å². The Morgan fingerprint density at radius 3 is 2.38 bits per heavy atom. The first-order valence-electron chi connectivity index (χ1n) is 10.2. The van der Waals surface area contributed by atoms with Crippen molar-refractivity contribution in [2.45, 2.75) is 79.1 Å². The van der Waals surface area contributed by atoms with Gasteiger partial charge in [-0.05, 0) is 45.8 Å². The van der Waals surface area contributed by atoms with Crippen LogP contribution in [0.5, 0.6) is 0 Å². The molecule has 162 valence electrons. The van der Waals surface area contributed by atoms with E-state index < -0.39 is 13.7 Å². The lowest BCUT2D eigenvalue weighted by atomic mass is 9.97. The predicted octanol–water partition coefficient (Wildman–Crippen LogP) is 4.68. The van der Waals surface area contributed by atoms with E-state index in [1.165, 1.54) is 0 Å². The summed E-state index contributed by atoms with van der Waals surface area (Å²) in [7, 11) is -1.92. The topological polar surface area (TPSA) is 79.1 Å². The fraction of sp³-hybridized carbons (Fsp3) is 0.714. The second-order valence-electron chi connectivity index (χ2n) is 10.2. The van der Waals surface area contributed by atoms with Crippen molar-refractivity contribution in [1.82, 2.24) is 19.5 Å². The molecular weight excluding hydrogens is 384 g/mol. The number of esters is 1. The molecular formula is C21H36N4O3Si. The third kappa shape index (κ3) is 5.63. The molecule has 1 atom stereocenters. The van der Waals surface area contributed by atoms with Crippen LogP contribution in [0.4, 0.5) is 0 Å². The van der Waals surface area contributed by atoms with Gasteiger partial charge in [0.05, 0.1) is 36.7 Å². The van der Waals surface area contributed by atoms with Gasteiger partial charge in [-0.1, -0.05) is 20.8 Å². The largest absolute Gasteiger partial charge is 0.465 e. The molecule has 0 amide bonds. The number of fused-ring (bicyclic) bond motifs is 1. The molecule has 0 saturated carbocycles. The Morgan fingerprint density at radius 2 is 1.79 bits per heavy atom. The van der Waals surface area contributed by atoms with Gasteiger partial charge in [-0.2, -0.15) is 0 Å². The summed E-state index contributed by atoms with van der Waals surface area (Å²) in [5, 5.41) is 0.117. The summed E-state index contributed by atoms with van der Waals surface area (Å²) in [6.07, 6.45) is 3.98. The summed E-state index contributed by atoms with van der Waals surface area (Å²) in [6, 6.07) is -0.0313. The number of imidazole rings is 1. The highest BCUT2D eigenvalue weighted by Gasteiger charge is 2.38. The lowest BCUT2D eigenvalue weighted by molar-refractivity contribution is -0.153. The van der Waals surface area contributed by atoms with Crippen LogP contribution in [0, 0.1) is 12.3 Å². The third-order valence-corrected chi connectivity index (χ3v) is 10.2. The molecule has 2 aromatic rings. The lowest BCUT2D eigenvalue weighted by Crippen LogP contribution is -2.42.